The Kier molecular flexibility index (Phi) is 3.34. The van der Waals surface area contributed by atoms with E-state index in [1.807, 2.05) is 0 Å². The molecule has 5 heteroatoms. The summed E-state index contributed by atoms with van der Waals surface area (Å²) in [6.45, 7) is 4.05. The van der Waals surface area contributed by atoms with Crippen molar-refractivity contribution < 1.29 is 19.8 Å². The van der Waals surface area contributed by atoms with Crippen molar-refractivity contribution in [2.75, 3.05) is 6.54 Å². The van der Waals surface area contributed by atoms with Gasteiger partial charge >= 0.3 is 11.9 Å². The molecule has 1 fully saturated rings. The lowest BCUT2D eigenvalue weighted by Gasteiger charge is -2.35. The van der Waals surface area contributed by atoms with Gasteiger partial charge in [0, 0.05) is 0 Å². The van der Waals surface area contributed by atoms with Gasteiger partial charge in [-0.05, 0) is 25.8 Å². The Bertz CT molecular complexity index is 279. The molecule has 2 N–H and O–H groups in total. The highest BCUT2D eigenvalue weighted by atomic mass is 16.4. The minimum absolute atomic E-state index is 0.420. The first-order chi connectivity index (χ1) is 6.99. The summed E-state index contributed by atoms with van der Waals surface area (Å²) >= 11 is 0. The molecular formula is C10H17NO4. The summed E-state index contributed by atoms with van der Waals surface area (Å²) in [6.07, 6.45) is 1.28. The number of nitrogens with zero attached hydrogens (tertiary/aromatic N) is 1. The molecule has 0 bridgehead atoms. The lowest BCUT2D eigenvalue weighted by atomic mass is 9.93. The minimum Gasteiger partial charge on any atom is -0.480 e. The number of carbonyl (C=O) groups is 2. The first kappa shape index (κ1) is 12.0. The number of likely N-dealkylation sites (tertiary alicyclic amines) is 1. The Balaban J connectivity index is 3.02. The molecule has 0 aromatic rings. The molecule has 0 unspecified atom stereocenters. The third-order valence-corrected chi connectivity index (χ3v) is 3.37. The molecular weight excluding hydrogens is 198 g/mol. The summed E-state index contributed by atoms with van der Waals surface area (Å²) in [7, 11) is 0. The maximum absolute atomic E-state index is 11.3. The van der Waals surface area contributed by atoms with Crippen molar-refractivity contribution >= 4 is 11.9 Å². The van der Waals surface area contributed by atoms with Crippen LogP contribution < -0.4 is 0 Å². The van der Waals surface area contributed by atoms with Gasteiger partial charge < -0.3 is 10.2 Å². The number of aliphatic carboxylic acids is 2. The molecule has 1 rings (SSSR count). The predicted octanol–water partition coefficient (Wildman–Crippen LogP) is 0.789. The summed E-state index contributed by atoms with van der Waals surface area (Å²) < 4.78 is 0. The van der Waals surface area contributed by atoms with Gasteiger partial charge in [-0.3, -0.25) is 14.5 Å². The quantitative estimate of drug-likeness (QED) is 0.725. The van der Waals surface area contributed by atoms with Crippen molar-refractivity contribution in [1.82, 2.24) is 4.90 Å². The standard InChI is InChI=1S/C10H17NO4/c1-3-10(9(14)15)6-5-7(8(12)13)11(10)4-2/h7H,3-6H2,1-2H3,(H,12,13)(H,14,15)/t7-,10-/m0/s1. The summed E-state index contributed by atoms with van der Waals surface area (Å²) in [4.78, 5) is 23.8. The lowest BCUT2D eigenvalue weighted by Crippen LogP contribution is -2.54. The lowest BCUT2D eigenvalue weighted by molar-refractivity contribution is -0.154. The van der Waals surface area contributed by atoms with Crippen LogP contribution in [0.25, 0.3) is 0 Å². The van der Waals surface area contributed by atoms with Gasteiger partial charge in [0.15, 0.2) is 0 Å². The molecule has 1 aliphatic rings. The van der Waals surface area contributed by atoms with E-state index in [9.17, 15) is 14.7 Å². The first-order valence-corrected chi connectivity index (χ1v) is 5.22. The Labute approximate surface area is 88.7 Å². The van der Waals surface area contributed by atoms with Gasteiger partial charge in [0.25, 0.3) is 0 Å². The third kappa shape index (κ3) is 1.71. The average molecular weight is 215 g/mol. The molecule has 0 aromatic heterocycles. The number of carboxylic acid groups (broad SMARTS) is 2. The molecule has 0 saturated carbocycles. The first-order valence-electron chi connectivity index (χ1n) is 5.22. The molecule has 0 amide bonds. The van der Waals surface area contributed by atoms with Crippen LogP contribution >= 0.6 is 0 Å². The molecule has 0 radical (unpaired) electrons. The van der Waals surface area contributed by atoms with Crippen LogP contribution in [-0.2, 0) is 9.59 Å². The van der Waals surface area contributed by atoms with E-state index in [1.54, 1.807) is 18.7 Å². The normalized spacial score (nSPS) is 31.7. The predicted molar refractivity (Wildman–Crippen MR) is 53.7 cm³/mol. The summed E-state index contributed by atoms with van der Waals surface area (Å²) in [5.74, 6) is -1.83. The van der Waals surface area contributed by atoms with E-state index in [0.717, 1.165) is 0 Å². The van der Waals surface area contributed by atoms with Crippen molar-refractivity contribution in [3.63, 3.8) is 0 Å². The highest BCUT2D eigenvalue weighted by Crippen LogP contribution is 2.36. The number of hydrogen-bond donors (Lipinski definition) is 2. The Morgan fingerprint density at radius 2 is 2.00 bits per heavy atom. The number of hydrogen-bond acceptors (Lipinski definition) is 3. The largest absolute Gasteiger partial charge is 0.480 e. The SMILES string of the molecule is CCN1[C@H](C(=O)O)CC[C@@]1(CC)C(=O)O. The summed E-state index contributed by atoms with van der Waals surface area (Å²) in [6, 6.07) is -0.647. The van der Waals surface area contributed by atoms with Gasteiger partial charge in [-0.15, -0.1) is 0 Å². The third-order valence-electron chi connectivity index (χ3n) is 3.37. The Morgan fingerprint density at radius 3 is 2.33 bits per heavy atom. The van der Waals surface area contributed by atoms with Gasteiger partial charge in [0.1, 0.15) is 11.6 Å². The maximum atomic E-state index is 11.3. The molecule has 2 atom stereocenters. The van der Waals surface area contributed by atoms with Crippen molar-refractivity contribution in [2.24, 2.45) is 0 Å². The Morgan fingerprint density at radius 1 is 1.40 bits per heavy atom. The van der Waals surface area contributed by atoms with Crippen LogP contribution in [0.4, 0.5) is 0 Å². The van der Waals surface area contributed by atoms with Gasteiger partial charge in [0.05, 0.1) is 0 Å². The monoisotopic (exact) mass is 215 g/mol. The highest BCUT2D eigenvalue weighted by Gasteiger charge is 2.52. The molecule has 5 nitrogen and oxygen atoms in total. The molecule has 15 heavy (non-hydrogen) atoms. The van der Waals surface area contributed by atoms with Gasteiger partial charge in [0.2, 0.25) is 0 Å². The van der Waals surface area contributed by atoms with E-state index < -0.39 is 23.5 Å². The molecule has 86 valence electrons. The van der Waals surface area contributed by atoms with Crippen molar-refractivity contribution in [3.8, 4) is 0 Å². The number of likely N-dealkylation sites (N-methyl/N-ethyl adjacent to an activating group) is 1. The number of carboxylic acids is 2. The number of rotatable bonds is 4. The minimum atomic E-state index is -0.974. The average Bonchev–Trinajstić information content (AvgIpc) is 2.56. The van der Waals surface area contributed by atoms with Crippen molar-refractivity contribution in [3.05, 3.63) is 0 Å². The molecule has 1 saturated heterocycles. The topological polar surface area (TPSA) is 77.8 Å². The zero-order chi connectivity index (χ0) is 11.6. The fourth-order valence-electron chi connectivity index (χ4n) is 2.51. The van der Waals surface area contributed by atoms with E-state index in [0.29, 0.717) is 25.8 Å². The van der Waals surface area contributed by atoms with E-state index in [-0.39, 0.29) is 0 Å². The van der Waals surface area contributed by atoms with Crippen LogP contribution in [0.1, 0.15) is 33.1 Å². The van der Waals surface area contributed by atoms with Gasteiger partial charge in [-0.2, -0.15) is 0 Å². The van der Waals surface area contributed by atoms with Gasteiger partial charge in [-0.1, -0.05) is 13.8 Å². The van der Waals surface area contributed by atoms with Gasteiger partial charge in [-0.25, -0.2) is 0 Å². The second-order valence-corrected chi connectivity index (χ2v) is 3.87. The molecule has 0 aliphatic carbocycles. The van der Waals surface area contributed by atoms with E-state index in [1.165, 1.54) is 0 Å². The zero-order valence-electron chi connectivity index (χ0n) is 9.06. The van der Waals surface area contributed by atoms with Crippen molar-refractivity contribution in [1.29, 1.82) is 0 Å². The van der Waals surface area contributed by atoms with Crippen LogP contribution in [0.3, 0.4) is 0 Å². The van der Waals surface area contributed by atoms with Crippen LogP contribution in [0.2, 0.25) is 0 Å². The molecule has 1 heterocycles. The smallest absolute Gasteiger partial charge is 0.324 e. The molecule has 0 spiro atoms. The summed E-state index contributed by atoms with van der Waals surface area (Å²) in [5.41, 5.74) is -0.974. The van der Waals surface area contributed by atoms with Crippen LogP contribution in [0, 0.1) is 0 Å². The maximum Gasteiger partial charge on any atom is 0.324 e. The Hall–Kier alpha value is -1.10. The summed E-state index contributed by atoms with van der Waals surface area (Å²) in [5, 5.41) is 18.2. The van der Waals surface area contributed by atoms with E-state index >= 15 is 0 Å². The molecule has 1 aliphatic heterocycles. The zero-order valence-corrected chi connectivity index (χ0v) is 9.06. The fraction of sp³-hybridized carbons (Fsp3) is 0.800. The van der Waals surface area contributed by atoms with Crippen LogP contribution in [0.15, 0.2) is 0 Å². The fourth-order valence-corrected chi connectivity index (χ4v) is 2.51. The van der Waals surface area contributed by atoms with Crippen LogP contribution in [0.5, 0.6) is 0 Å². The highest BCUT2D eigenvalue weighted by molar-refractivity contribution is 5.82. The second-order valence-electron chi connectivity index (χ2n) is 3.87. The van der Waals surface area contributed by atoms with E-state index in [4.69, 9.17) is 5.11 Å². The van der Waals surface area contributed by atoms with Crippen molar-refractivity contribution in [2.45, 2.75) is 44.7 Å². The molecule has 0 aromatic carbocycles. The van der Waals surface area contributed by atoms with E-state index in [2.05, 4.69) is 0 Å². The second kappa shape index (κ2) is 4.18. The van der Waals surface area contributed by atoms with Crippen LogP contribution in [-0.4, -0.2) is 45.2 Å².